The van der Waals surface area contributed by atoms with E-state index in [2.05, 4.69) is 99.3 Å². The smallest absolute Gasteiger partial charge is 0.218 e. The summed E-state index contributed by atoms with van der Waals surface area (Å²) in [4.78, 5) is 0. The Morgan fingerprint density at radius 3 is 2.24 bits per heavy atom. The van der Waals surface area contributed by atoms with Gasteiger partial charge in [0.2, 0.25) is 0 Å². The van der Waals surface area contributed by atoms with Crippen LogP contribution in [0.2, 0.25) is 0 Å². The molecule has 3 aliphatic rings. The fourth-order valence-corrected chi connectivity index (χ4v) is 9.88. The van der Waals surface area contributed by atoms with E-state index in [1.807, 2.05) is 0 Å². The maximum atomic E-state index is 2.75. The summed E-state index contributed by atoms with van der Waals surface area (Å²) in [6, 6.07) is 30.2. The first-order valence-electron chi connectivity index (χ1n) is 16.0. The summed E-state index contributed by atoms with van der Waals surface area (Å²) in [6.45, 7) is 0.960. The maximum absolute atomic E-state index is 2.75. The molecule has 9 rings (SSSR count). The third-order valence-corrected chi connectivity index (χ3v) is 11.7. The second-order valence-electron chi connectivity index (χ2n) is 12.8. The van der Waals surface area contributed by atoms with E-state index in [-0.39, 0.29) is 0 Å². The molecule has 0 atom stereocenters. The molecule has 2 fully saturated rings. The van der Waals surface area contributed by atoms with Gasteiger partial charge in [-0.3, -0.25) is 0 Å². The van der Waals surface area contributed by atoms with Gasteiger partial charge in [-0.15, -0.1) is 11.3 Å². The van der Waals surface area contributed by atoms with Gasteiger partial charge in [-0.1, -0.05) is 87.1 Å². The molecule has 6 aromatic rings. The quantitative estimate of drug-likeness (QED) is 0.192. The van der Waals surface area contributed by atoms with Gasteiger partial charge in [0.25, 0.3) is 5.82 Å². The zero-order chi connectivity index (χ0) is 26.9. The van der Waals surface area contributed by atoms with Gasteiger partial charge in [-0.05, 0) is 67.9 Å². The zero-order valence-electron chi connectivity index (χ0n) is 23.7. The van der Waals surface area contributed by atoms with Crippen LogP contribution >= 0.6 is 11.3 Å². The number of rotatable bonds is 3. The van der Waals surface area contributed by atoms with Crippen LogP contribution in [0.5, 0.6) is 0 Å². The molecule has 1 aliphatic heterocycles. The number of hydrogen-bond acceptors (Lipinski definition) is 1. The highest BCUT2D eigenvalue weighted by Gasteiger charge is 2.39. The van der Waals surface area contributed by atoms with Crippen LogP contribution in [0, 0.1) is 0 Å². The summed E-state index contributed by atoms with van der Waals surface area (Å²) < 4.78 is 8.34. The molecule has 204 valence electrons. The Bertz CT molecular complexity index is 1940. The van der Waals surface area contributed by atoms with Crippen LogP contribution in [0.25, 0.3) is 48.3 Å². The van der Waals surface area contributed by atoms with Crippen molar-refractivity contribution < 1.29 is 4.57 Å². The molecule has 0 radical (unpaired) electrons. The second kappa shape index (κ2) is 9.56. The molecule has 0 bridgehead atoms. The first kappa shape index (κ1) is 24.2. The predicted octanol–water partition coefficient (Wildman–Crippen LogP) is 10.4. The molecule has 2 aromatic heterocycles. The zero-order valence-corrected chi connectivity index (χ0v) is 24.6. The van der Waals surface area contributed by atoms with Crippen molar-refractivity contribution in [3.8, 4) is 17.1 Å². The molecule has 2 nitrogen and oxygen atoms in total. The number of hydrogen-bond donors (Lipinski definition) is 0. The number of thiophene rings is 1. The highest BCUT2D eigenvalue weighted by atomic mass is 32.1. The van der Waals surface area contributed by atoms with Crippen LogP contribution in [0.15, 0.2) is 78.9 Å². The van der Waals surface area contributed by atoms with Gasteiger partial charge < -0.3 is 0 Å². The molecule has 4 aromatic carbocycles. The number of imidazole rings is 1. The van der Waals surface area contributed by atoms with Gasteiger partial charge in [0, 0.05) is 36.9 Å². The molecule has 0 saturated heterocycles. The van der Waals surface area contributed by atoms with Gasteiger partial charge in [0.15, 0.2) is 11.0 Å². The van der Waals surface area contributed by atoms with Gasteiger partial charge in [-0.25, -0.2) is 4.57 Å². The van der Waals surface area contributed by atoms with Crippen LogP contribution in [-0.2, 0) is 6.54 Å². The Hall–Kier alpha value is -3.43. The minimum absolute atomic E-state index is 0.622. The van der Waals surface area contributed by atoms with E-state index in [0.717, 1.165) is 6.54 Å². The van der Waals surface area contributed by atoms with Crippen molar-refractivity contribution in [2.45, 2.75) is 82.6 Å². The molecule has 3 heteroatoms. The average Bonchev–Trinajstić information content (AvgIpc) is 3.70. The van der Waals surface area contributed by atoms with Crippen LogP contribution < -0.4 is 4.57 Å². The first-order valence-corrected chi connectivity index (χ1v) is 16.8. The van der Waals surface area contributed by atoms with Gasteiger partial charge in [0.1, 0.15) is 12.2 Å². The van der Waals surface area contributed by atoms with Crippen LogP contribution in [0.4, 0.5) is 0 Å². The lowest BCUT2D eigenvalue weighted by atomic mass is 9.77. The third-order valence-electron chi connectivity index (χ3n) is 10.5. The molecule has 0 amide bonds. The largest absolute Gasteiger partial charge is 0.295 e. The van der Waals surface area contributed by atoms with Crippen molar-refractivity contribution in [1.82, 2.24) is 4.57 Å². The fourth-order valence-electron chi connectivity index (χ4n) is 8.57. The Morgan fingerprint density at radius 1 is 0.683 bits per heavy atom. The third kappa shape index (κ3) is 3.64. The van der Waals surface area contributed by atoms with Gasteiger partial charge in [-0.2, -0.15) is 4.57 Å². The molecular weight excluding hydrogens is 516 g/mol. The van der Waals surface area contributed by atoms with Crippen molar-refractivity contribution in [3.63, 3.8) is 0 Å². The van der Waals surface area contributed by atoms with Crippen molar-refractivity contribution in [2.24, 2.45) is 0 Å². The lowest BCUT2D eigenvalue weighted by molar-refractivity contribution is -0.645. The summed E-state index contributed by atoms with van der Waals surface area (Å²) in [7, 11) is 0. The molecular formula is C38H37N2S+. The van der Waals surface area contributed by atoms with Crippen LogP contribution in [-0.4, -0.2) is 4.57 Å². The summed E-state index contributed by atoms with van der Waals surface area (Å²) in [6.07, 6.45) is 13.4. The molecule has 41 heavy (non-hydrogen) atoms. The monoisotopic (exact) mass is 553 g/mol. The molecule has 0 N–H and O–H groups in total. The number of para-hydroxylation sites is 2. The van der Waals surface area contributed by atoms with Crippen molar-refractivity contribution >= 4 is 42.5 Å². The van der Waals surface area contributed by atoms with Crippen molar-refractivity contribution in [1.29, 1.82) is 0 Å². The molecule has 2 aliphatic carbocycles. The molecule has 2 saturated carbocycles. The number of nitrogens with zero attached hydrogens (tertiary/aromatic N) is 2. The Balaban J connectivity index is 1.46. The Morgan fingerprint density at radius 2 is 1.39 bits per heavy atom. The fraction of sp³-hybridized carbons (Fsp3) is 0.342. The molecule has 0 unspecified atom stereocenters. The number of benzene rings is 4. The minimum Gasteiger partial charge on any atom is -0.218 e. The summed E-state index contributed by atoms with van der Waals surface area (Å²) in [5.41, 5.74) is 10.4. The Kier molecular flexibility index (Phi) is 5.64. The second-order valence-corrected chi connectivity index (χ2v) is 13.8. The lowest BCUT2D eigenvalue weighted by Crippen LogP contribution is -2.31. The average molecular weight is 554 g/mol. The summed E-state index contributed by atoms with van der Waals surface area (Å²) in [5.74, 6) is 2.63. The Labute approximate surface area is 246 Å². The molecule has 3 heterocycles. The highest BCUT2D eigenvalue weighted by molar-refractivity contribution is 7.26. The van der Waals surface area contributed by atoms with Gasteiger partial charge >= 0.3 is 0 Å². The standard InChI is InChI=1S/C38H37N2S/c1-3-13-25(14-4-1)30-23-31-29-19-9-12-22-34(29)41-37(31)35(26-15-5-2-6-16-26)36(30)40-33-21-11-10-20-32(33)39-24-27-17-7-8-18-28(27)38(39)40/h7-12,17-23,25-26H,1-6,13-16,24H2/q+1. The van der Waals surface area contributed by atoms with E-state index in [0.29, 0.717) is 11.8 Å². The van der Waals surface area contributed by atoms with E-state index in [4.69, 9.17) is 0 Å². The van der Waals surface area contributed by atoms with E-state index in [1.54, 1.807) is 21.5 Å². The van der Waals surface area contributed by atoms with Gasteiger partial charge in [0.05, 0.1) is 5.56 Å². The summed E-state index contributed by atoms with van der Waals surface area (Å²) in [5, 5.41) is 2.96. The number of aromatic nitrogens is 2. The summed E-state index contributed by atoms with van der Waals surface area (Å²) >= 11 is 2.05. The first-order chi connectivity index (χ1) is 20.4. The van der Waals surface area contributed by atoms with E-state index in [1.165, 1.54) is 108 Å². The van der Waals surface area contributed by atoms with Crippen molar-refractivity contribution in [3.05, 3.63) is 95.6 Å². The predicted molar refractivity (Wildman–Crippen MR) is 173 cm³/mol. The minimum atomic E-state index is 0.622. The SMILES string of the molecule is c1ccc2c(c1)C[n+]1c-2n(-c2c(C3CCCCC3)cc3c(sc4ccccc43)c2C2CCCCC2)c2ccccc21. The molecule has 0 spiro atoms. The van der Waals surface area contributed by atoms with Crippen molar-refractivity contribution in [2.75, 3.05) is 0 Å². The van der Waals surface area contributed by atoms with Crippen LogP contribution in [0.1, 0.15) is 92.7 Å². The maximum Gasteiger partial charge on any atom is 0.295 e. The highest BCUT2D eigenvalue weighted by Crippen LogP contribution is 2.51. The number of fused-ring (bicyclic) bond motifs is 8. The van der Waals surface area contributed by atoms with E-state index < -0.39 is 0 Å². The lowest BCUT2D eigenvalue weighted by Gasteiger charge is -2.29. The van der Waals surface area contributed by atoms with E-state index >= 15 is 0 Å². The van der Waals surface area contributed by atoms with Crippen LogP contribution in [0.3, 0.4) is 0 Å². The van der Waals surface area contributed by atoms with E-state index in [9.17, 15) is 0 Å². The topological polar surface area (TPSA) is 8.81 Å². The normalized spacial score (nSPS) is 18.0.